The lowest BCUT2D eigenvalue weighted by Crippen LogP contribution is -2.30. The highest BCUT2D eigenvalue weighted by Crippen LogP contribution is 2.22. The van der Waals surface area contributed by atoms with E-state index in [1.807, 2.05) is 13.8 Å². The summed E-state index contributed by atoms with van der Waals surface area (Å²) in [5.74, 6) is -1.51. The van der Waals surface area contributed by atoms with Crippen LogP contribution in [0.5, 0.6) is 0 Å². The van der Waals surface area contributed by atoms with Gasteiger partial charge in [-0.15, -0.1) is 0 Å². The molecule has 0 radical (unpaired) electrons. The van der Waals surface area contributed by atoms with Gasteiger partial charge in [0.25, 0.3) is 0 Å². The van der Waals surface area contributed by atoms with Crippen LogP contribution in [0.25, 0.3) is 0 Å². The first-order valence-corrected chi connectivity index (χ1v) is 5.82. The Balaban J connectivity index is 2.57. The molecule has 1 rings (SSSR count). The molecule has 0 heterocycles. The van der Waals surface area contributed by atoms with Gasteiger partial charge in [0.15, 0.2) is 0 Å². The van der Waals surface area contributed by atoms with Gasteiger partial charge in [-0.05, 0) is 38.5 Å². The van der Waals surface area contributed by atoms with E-state index < -0.39 is 17.7 Å². The van der Waals surface area contributed by atoms with Crippen LogP contribution in [0.1, 0.15) is 38.4 Å². The van der Waals surface area contributed by atoms with Crippen molar-refractivity contribution in [2.24, 2.45) is 0 Å². The van der Waals surface area contributed by atoms with Crippen LogP contribution < -0.4 is 5.32 Å². The Labute approximate surface area is 105 Å². The Bertz CT molecular complexity index is 421. The van der Waals surface area contributed by atoms with Gasteiger partial charge in [-0.25, -0.2) is 8.78 Å². The molecule has 1 amide bonds. The number of hydrogen-bond donors (Lipinski definition) is 2. The number of nitrogens with one attached hydrogen (secondary N) is 1. The molecule has 0 bridgehead atoms. The lowest BCUT2D eigenvalue weighted by Gasteiger charge is -2.13. The molecule has 1 atom stereocenters. The van der Waals surface area contributed by atoms with Gasteiger partial charge < -0.3 is 10.4 Å². The second-order valence-electron chi connectivity index (χ2n) is 4.44. The summed E-state index contributed by atoms with van der Waals surface area (Å²) in [6, 6.07) is 2.90. The van der Waals surface area contributed by atoms with Crippen molar-refractivity contribution in [1.82, 2.24) is 5.32 Å². The van der Waals surface area contributed by atoms with E-state index in [0.717, 1.165) is 18.2 Å². The average molecular weight is 257 g/mol. The van der Waals surface area contributed by atoms with Gasteiger partial charge in [0, 0.05) is 18.0 Å². The Kier molecular flexibility index (Phi) is 5.22. The van der Waals surface area contributed by atoms with Crippen molar-refractivity contribution in [2.45, 2.75) is 38.8 Å². The largest absolute Gasteiger partial charge is 0.388 e. The van der Waals surface area contributed by atoms with Crippen LogP contribution in [0.3, 0.4) is 0 Å². The van der Waals surface area contributed by atoms with Crippen LogP contribution in [-0.4, -0.2) is 17.1 Å². The Morgan fingerprint density at radius 2 is 2.06 bits per heavy atom. The second-order valence-corrected chi connectivity index (χ2v) is 4.44. The van der Waals surface area contributed by atoms with Gasteiger partial charge in [0.2, 0.25) is 5.91 Å². The summed E-state index contributed by atoms with van der Waals surface area (Å²) >= 11 is 0. The fourth-order valence-corrected chi connectivity index (χ4v) is 1.59. The van der Waals surface area contributed by atoms with Crippen molar-refractivity contribution in [2.75, 3.05) is 0 Å². The summed E-state index contributed by atoms with van der Waals surface area (Å²) in [6.07, 6.45) is -1.06. The SMILES string of the molecule is CC(C)NC(=O)CCC(O)c1cc(F)ccc1F. The Morgan fingerprint density at radius 3 is 2.67 bits per heavy atom. The van der Waals surface area contributed by atoms with Crippen LogP contribution in [0.2, 0.25) is 0 Å². The van der Waals surface area contributed by atoms with Gasteiger partial charge in [-0.2, -0.15) is 0 Å². The van der Waals surface area contributed by atoms with E-state index in [9.17, 15) is 18.7 Å². The summed E-state index contributed by atoms with van der Waals surface area (Å²) in [5, 5.41) is 12.4. The minimum Gasteiger partial charge on any atom is -0.388 e. The molecule has 3 nitrogen and oxygen atoms in total. The van der Waals surface area contributed by atoms with Crippen molar-refractivity contribution in [3.63, 3.8) is 0 Å². The number of carbonyl (C=O) groups excluding carboxylic acids is 1. The number of amides is 1. The summed E-state index contributed by atoms with van der Waals surface area (Å²) in [4.78, 5) is 11.4. The van der Waals surface area contributed by atoms with Crippen LogP contribution in [-0.2, 0) is 4.79 Å². The lowest BCUT2D eigenvalue weighted by molar-refractivity contribution is -0.122. The van der Waals surface area contributed by atoms with Crippen LogP contribution in [0.4, 0.5) is 8.78 Å². The Morgan fingerprint density at radius 1 is 1.39 bits per heavy atom. The molecule has 0 spiro atoms. The van der Waals surface area contributed by atoms with Crippen molar-refractivity contribution < 1.29 is 18.7 Å². The van der Waals surface area contributed by atoms with Crippen LogP contribution in [0.15, 0.2) is 18.2 Å². The molecule has 0 saturated carbocycles. The quantitative estimate of drug-likeness (QED) is 0.850. The minimum atomic E-state index is -1.18. The molecule has 0 fully saturated rings. The van der Waals surface area contributed by atoms with E-state index in [-0.39, 0.29) is 30.4 Å². The molecule has 100 valence electrons. The fourth-order valence-electron chi connectivity index (χ4n) is 1.59. The van der Waals surface area contributed by atoms with E-state index in [1.165, 1.54) is 0 Å². The van der Waals surface area contributed by atoms with E-state index in [4.69, 9.17) is 0 Å². The fraction of sp³-hybridized carbons (Fsp3) is 0.462. The first-order valence-electron chi connectivity index (χ1n) is 5.82. The van der Waals surface area contributed by atoms with Crippen molar-refractivity contribution >= 4 is 5.91 Å². The van der Waals surface area contributed by atoms with Crippen LogP contribution >= 0.6 is 0 Å². The highest BCUT2D eigenvalue weighted by atomic mass is 19.1. The number of carbonyl (C=O) groups is 1. The molecule has 1 aromatic rings. The normalized spacial score (nSPS) is 12.6. The molecule has 0 aliphatic rings. The van der Waals surface area contributed by atoms with E-state index in [0.29, 0.717) is 0 Å². The lowest BCUT2D eigenvalue weighted by atomic mass is 10.0. The number of hydrogen-bond acceptors (Lipinski definition) is 2. The number of aliphatic hydroxyl groups excluding tert-OH is 1. The highest BCUT2D eigenvalue weighted by Gasteiger charge is 2.15. The van der Waals surface area contributed by atoms with Crippen molar-refractivity contribution in [3.05, 3.63) is 35.4 Å². The standard InChI is InChI=1S/C13H17F2NO2/c1-8(2)16-13(18)6-5-12(17)10-7-9(14)3-4-11(10)15/h3-4,7-8,12,17H,5-6H2,1-2H3,(H,16,18). The van der Waals surface area contributed by atoms with Gasteiger partial charge in [-0.1, -0.05) is 0 Å². The first kappa shape index (κ1) is 14.6. The molecule has 2 N–H and O–H groups in total. The molecular formula is C13H17F2NO2. The van der Waals surface area contributed by atoms with E-state index >= 15 is 0 Å². The molecule has 1 aromatic carbocycles. The number of aliphatic hydroxyl groups is 1. The summed E-state index contributed by atoms with van der Waals surface area (Å²) in [5.41, 5.74) is -0.118. The smallest absolute Gasteiger partial charge is 0.220 e. The van der Waals surface area contributed by atoms with E-state index in [1.54, 1.807) is 0 Å². The number of halogens is 2. The molecular weight excluding hydrogens is 240 g/mol. The first-order chi connectivity index (χ1) is 8.40. The maximum Gasteiger partial charge on any atom is 0.220 e. The van der Waals surface area contributed by atoms with Gasteiger partial charge >= 0.3 is 0 Å². The van der Waals surface area contributed by atoms with Gasteiger partial charge in [0.05, 0.1) is 6.10 Å². The molecule has 18 heavy (non-hydrogen) atoms. The topological polar surface area (TPSA) is 49.3 Å². The maximum absolute atomic E-state index is 13.3. The number of rotatable bonds is 5. The molecule has 0 aliphatic carbocycles. The zero-order chi connectivity index (χ0) is 13.7. The third kappa shape index (κ3) is 4.41. The monoisotopic (exact) mass is 257 g/mol. The third-order valence-electron chi connectivity index (χ3n) is 2.41. The highest BCUT2D eigenvalue weighted by molar-refractivity contribution is 5.76. The molecule has 0 aliphatic heterocycles. The van der Waals surface area contributed by atoms with Crippen LogP contribution in [0, 0.1) is 11.6 Å². The minimum absolute atomic E-state index is 0.0144. The zero-order valence-electron chi connectivity index (χ0n) is 10.4. The van der Waals surface area contributed by atoms with Gasteiger partial charge in [-0.3, -0.25) is 4.79 Å². The van der Waals surface area contributed by atoms with Crippen molar-refractivity contribution in [1.29, 1.82) is 0 Å². The number of benzene rings is 1. The molecule has 1 unspecified atom stereocenters. The molecule has 5 heteroatoms. The summed E-state index contributed by atoms with van der Waals surface area (Å²) in [6.45, 7) is 3.64. The predicted molar refractivity (Wildman–Crippen MR) is 63.8 cm³/mol. The maximum atomic E-state index is 13.3. The Hall–Kier alpha value is -1.49. The predicted octanol–water partition coefficient (Wildman–Crippen LogP) is 2.30. The molecule has 0 saturated heterocycles. The second kappa shape index (κ2) is 6.44. The average Bonchev–Trinajstić information content (AvgIpc) is 2.28. The summed E-state index contributed by atoms with van der Waals surface area (Å²) < 4.78 is 26.2. The molecule has 0 aromatic heterocycles. The van der Waals surface area contributed by atoms with Crippen molar-refractivity contribution in [3.8, 4) is 0 Å². The van der Waals surface area contributed by atoms with E-state index in [2.05, 4.69) is 5.32 Å². The summed E-state index contributed by atoms with van der Waals surface area (Å²) in [7, 11) is 0. The zero-order valence-corrected chi connectivity index (χ0v) is 10.4. The van der Waals surface area contributed by atoms with Gasteiger partial charge in [0.1, 0.15) is 11.6 Å². The third-order valence-corrected chi connectivity index (χ3v) is 2.41.